The SMILES string of the molecule is CCC(CNC)c1cc(C(C)C)nn1C. The molecule has 3 heteroatoms. The van der Waals surface area contributed by atoms with Gasteiger partial charge in [0, 0.05) is 25.2 Å². The predicted molar refractivity (Wildman–Crippen MR) is 64.3 cm³/mol. The molecule has 0 bridgehead atoms. The molecule has 15 heavy (non-hydrogen) atoms. The van der Waals surface area contributed by atoms with Crippen LogP contribution in [-0.2, 0) is 7.05 Å². The van der Waals surface area contributed by atoms with E-state index in [9.17, 15) is 0 Å². The molecule has 3 nitrogen and oxygen atoms in total. The quantitative estimate of drug-likeness (QED) is 0.806. The maximum atomic E-state index is 4.55. The smallest absolute Gasteiger partial charge is 0.0652 e. The second kappa shape index (κ2) is 5.31. The van der Waals surface area contributed by atoms with Crippen LogP contribution in [0.5, 0.6) is 0 Å². The third kappa shape index (κ3) is 2.81. The third-order valence-corrected chi connectivity index (χ3v) is 2.89. The minimum Gasteiger partial charge on any atom is -0.319 e. The minimum atomic E-state index is 0.511. The molecule has 1 rings (SSSR count). The van der Waals surface area contributed by atoms with Crippen LogP contribution in [0.3, 0.4) is 0 Å². The average Bonchev–Trinajstić information content (AvgIpc) is 2.57. The van der Waals surface area contributed by atoms with Crippen LogP contribution in [-0.4, -0.2) is 23.4 Å². The molecule has 0 spiro atoms. The van der Waals surface area contributed by atoms with Gasteiger partial charge in [-0.3, -0.25) is 4.68 Å². The fourth-order valence-electron chi connectivity index (χ4n) is 1.87. The summed E-state index contributed by atoms with van der Waals surface area (Å²) in [5, 5.41) is 7.79. The molecule has 1 aromatic rings. The maximum Gasteiger partial charge on any atom is 0.0652 e. The van der Waals surface area contributed by atoms with Gasteiger partial charge in [0.15, 0.2) is 0 Å². The molecule has 0 aliphatic carbocycles. The van der Waals surface area contributed by atoms with E-state index in [2.05, 4.69) is 37.3 Å². The number of likely N-dealkylation sites (N-methyl/N-ethyl adjacent to an activating group) is 1. The van der Waals surface area contributed by atoms with Crippen LogP contribution in [0.4, 0.5) is 0 Å². The van der Waals surface area contributed by atoms with Crippen molar-refractivity contribution in [3.63, 3.8) is 0 Å². The van der Waals surface area contributed by atoms with E-state index in [4.69, 9.17) is 0 Å². The van der Waals surface area contributed by atoms with Crippen LogP contribution in [0.1, 0.15) is 50.4 Å². The van der Waals surface area contributed by atoms with Crippen LogP contribution in [0.2, 0.25) is 0 Å². The number of nitrogens with zero attached hydrogens (tertiary/aromatic N) is 2. The first-order chi connectivity index (χ1) is 7.10. The van der Waals surface area contributed by atoms with Crippen LogP contribution in [0, 0.1) is 0 Å². The summed E-state index contributed by atoms with van der Waals surface area (Å²) in [5.41, 5.74) is 2.54. The Bertz CT molecular complexity index is 302. The van der Waals surface area contributed by atoms with Crippen molar-refractivity contribution in [2.75, 3.05) is 13.6 Å². The standard InChI is InChI=1S/C12H23N3/c1-6-10(8-13-4)12-7-11(9(2)3)14-15(12)5/h7,9-10,13H,6,8H2,1-5H3. The van der Waals surface area contributed by atoms with Crippen LogP contribution in [0.25, 0.3) is 0 Å². The number of hydrogen-bond acceptors (Lipinski definition) is 2. The maximum absolute atomic E-state index is 4.55. The van der Waals surface area contributed by atoms with E-state index in [0.717, 1.165) is 13.0 Å². The Morgan fingerprint density at radius 2 is 2.13 bits per heavy atom. The van der Waals surface area contributed by atoms with E-state index < -0.39 is 0 Å². The van der Waals surface area contributed by atoms with Gasteiger partial charge in [0.05, 0.1) is 5.69 Å². The summed E-state index contributed by atoms with van der Waals surface area (Å²) in [6.07, 6.45) is 1.15. The van der Waals surface area contributed by atoms with Crippen molar-refractivity contribution in [1.82, 2.24) is 15.1 Å². The monoisotopic (exact) mass is 209 g/mol. The number of aryl methyl sites for hydroxylation is 1. The second-order valence-electron chi connectivity index (χ2n) is 4.44. The fourth-order valence-corrected chi connectivity index (χ4v) is 1.87. The van der Waals surface area contributed by atoms with E-state index in [1.54, 1.807) is 0 Å². The Kier molecular flexibility index (Phi) is 4.33. The van der Waals surface area contributed by atoms with Crippen molar-refractivity contribution in [2.45, 2.75) is 39.0 Å². The van der Waals surface area contributed by atoms with Gasteiger partial charge in [-0.25, -0.2) is 0 Å². The number of nitrogens with one attached hydrogen (secondary N) is 1. The highest BCUT2D eigenvalue weighted by Gasteiger charge is 2.15. The van der Waals surface area contributed by atoms with Crippen molar-refractivity contribution < 1.29 is 0 Å². The van der Waals surface area contributed by atoms with Gasteiger partial charge in [-0.2, -0.15) is 5.10 Å². The summed E-state index contributed by atoms with van der Waals surface area (Å²) in [6, 6.07) is 2.25. The molecule has 0 fully saturated rings. The molecular formula is C12H23N3. The molecule has 0 saturated carbocycles. The predicted octanol–water partition coefficient (Wildman–Crippen LogP) is 2.26. The van der Waals surface area contributed by atoms with Crippen LogP contribution < -0.4 is 5.32 Å². The Hall–Kier alpha value is -0.830. The van der Waals surface area contributed by atoms with E-state index >= 15 is 0 Å². The molecule has 0 amide bonds. The van der Waals surface area contributed by atoms with Gasteiger partial charge in [0.25, 0.3) is 0 Å². The van der Waals surface area contributed by atoms with Gasteiger partial charge in [0.1, 0.15) is 0 Å². The zero-order chi connectivity index (χ0) is 11.4. The zero-order valence-corrected chi connectivity index (χ0v) is 10.5. The summed E-state index contributed by atoms with van der Waals surface area (Å²) in [4.78, 5) is 0. The van der Waals surface area contributed by atoms with Crippen LogP contribution in [0.15, 0.2) is 6.07 Å². The van der Waals surface area contributed by atoms with Crippen molar-refractivity contribution >= 4 is 0 Å². The van der Waals surface area contributed by atoms with E-state index in [1.807, 2.05) is 18.8 Å². The summed E-state index contributed by atoms with van der Waals surface area (Å²) in [6.45, 7) is 7.62. The van der Waals surface area contributed by atoms with Crippen molar-refractivity contribution in [2.24, 2.45) is 7.05 Å². The molecule has 1 heterocycles. The highest BCUT2D eigenvalue weighted by Crippen LogP contribution is 2.22. The first-order valence-corrected chi connectivity index (χ1v) is 5.78. The first-order valence-electron chi connectivity index (χ1n) is 5.78. The number of aromatic nitrogens is 2. The number of rotatable bonds is 5. The molecule has 1 aromatic heterocycles. The Balaban J connectivity index is 2.91. The van der Waals surface area contributed by atoms with Crippen molar-refractivity contribution in [3.05, 3.63) is 17.5 Å². The van der Waals surface area contributed by atoms with Gasteiger partial charge < -0.3 is 5.32 Å². The molecule has 0 saturated heterocycles. The zero-order valence-electron chi connectivity index (χ0n) is 10.5. The molecule has 1 N–H and O–H groups in total. The van der Waals surface area contributed by atoms with E-state index in [-0.39, 0.29) is 0 Å². The summed E-state index contributed by atoms with van der Waals surface area (Å²) < 4.78 is 2.03. The molecular weight excluding hydrogens is 186 g/mol. The number of hydrogen-bond donors (Lipinski definition) is 1. The van der Waals surface area contributed by atoms with Gasteiger partial charge in [-0.15, -0.1) is 0 Å². The van der Waals surface area contributed by atoms with Crippen LogP contribution >= 0.6 is 0 Å². The van der Waals surface area contributed by atoms with E-state index in [0.29, 0.717) is 11.8 Å². The van der Waals surface area contributed by atoms with Crippen molar-refractivity contribution in [1.29, 1.82) is 0 Å². The molecule has 0 aliphatic heterocycles. The third-order valence-electron chi connectivity index (χ3n) is 2.89. The molecule has 86 valence electrons. The molecule has 0 aliphatic rings. The fraction of sp³-hybridized carbons (Fsp3) is 0.750. The second-order valence-corrected chi connectivity index (χ2v) is 4.44. The largest absolute Gasteiger partial charge is 0.319 e. The van der Waals surface area contributed by atoms with Gasteiger partial charge in [-0.1, -0.05) is 20.8 Å². The first kappa shape index (κ1) is 12.2. The summed E-state index contributed by atoms with van der Waals surface area (Å²) >= 11 is 0. The average molecular weight is 209 g/mol. The van der Waals surface area contributed by atoms with E-state index in [1.165, 1.54) is 11.4 Å². The Labute approximate surface area is 92.9 Å². The Morgan fingerprint density at radius 1 is 1.47 bits per heavy atom. The summed E-state index contributed by atoms with van der Waals surface area (Å²) in [5.74, 6) is 1.08. The van der Waals surface area contributed by atoms with Gasteiger partial charge in [-0.05, 0) is 25.5 Å². The van der Waals surface area contributed by atoms with Gasteiger partial charge in [0.2, 0.25) is 0 Å². The highest BCUT2D eigenvalue weighted by molar-refractivity contribution is 5.17. The molecule has 0 aromatic carbocycles. The lowest BCUT2D eigenvalue weighted by atomic mass is 10.0. The molecule has 1 unspecified atom stereocenters. The Morgan fingerprint density at radius 3 is 2.53 bits per heavy atom. The lowest BCUT2D eigenvalue weighted by molar-refractivity contribution is 0.556. The summed E-state index contributed by atoms with van der Waals surface area (Å²) in [7, 11) is 4.04. The normalized spacial score (nSPS) is 13.5. The van der Waals surface area contributed by atoms with Crippen molar-refractivity contribution in [3.8, 4) is 0 Å². The lowest BCUT2D eigenvalue weighted by Crippen LogP contribution is -2.18. The molecule has 0 radical (unpaired) electrons. The topological polar surface area (TPSA) is 29.9 Å². The molecule has 1 atom stereocenters. The highest BCUT2D eigenvalue weighted by atomic mass is 15.3. The lowest BCUT2D eigenvalue weighted by Gasteiger charge is -2.14. The van der Waals surface area contributed by atoms with Gasteiger partial charge >= 0.3 is 0 Å². The minimum absolute atomic E-state index is 0.511.